The second kappa shape index (κ2) is 10.0. The van der Waals surface area contributed by atoms with Crippen LogP contribution in [0.25, 0.3) is 0 Å². The highest BCUT2D eigenvalue weighted by atomic mass is 19.1. The second-order valence-electron chi connectivity index (χ2n) is 9.54. The van der Waals surface area contributed by atoms with E-state index in [2.05, 4.69) is 16.1 Å². The number of benzene rings is 1. The van der Waals surface area contributed by atoms with Gasteiger partial charge in [0.2, 0.25) is 5.91 Å². The number of hydrogen-bond acceptors (Lipinski definition) is 5. The van der Waals surface area contributed by atoms with Gasteiger partial charge >= 0.3 is 0 Å². The van der Waals surface area contributed by atoms with Gasteiger partial charge in [0, 0.05) is 45.6 Å². The van der Waals surface area contributed by atoms with Gasteiger partial charge in [-0.3, -0.25) is 9.69 Å². The maximum atomic E-state index is 13.2. The fraction of sp³-hybridized carbons (Fsp3) is 0.600. The number of ether oxygens (including phenoxy) is 1. The van der Waals surface area contributed by atoms with Crippen LogP contribution < -0.4 is 4.74 Å². The third kappa shape index (κ3) is 5.31. The maximum absolute atomic E-state index is 13.2. The number of hydrogen-bond donors (Lipinski definition) is 0. The zero-order valence-corrected chi connectivity index (χ0v) is 19.2. The van der Waals surface area contributed by atoms with Crippen molar-refractivity contribution < 1.29 is 18.4 Å². The van der Waals surface area contributed by atoms with E-state index in [1.165, 1.54) is 44.2 Å². The summed E-state index contributed by atoms with van der Waals surface area (Å²) in [5, 5.41) is 4.37. The summed E-state index contributed by atoms with van der Waals surface area (Å²) in [4.78, 5) is 17.2. The van der Waals surface area contributed by atoms with Crippen molar-refractivity contribution in [1.29, 1.82) is 0 Å². The van der Waals surface area contributed by atoms with E-state index in [1.807, 2.05) is 14.1 Å². The van der Waals surface area contributed by atoms with Gasteiger partial charge in [-0.1, -0.05) is 24.4 Å². The van der Waals surface area contributed by atoms with Crippen LogP contribution in [0.1, 0.15) is 55.9 Å². The van der Waals surface area contributed by atoms with E-state index >= 15 is 0 Å². The number of likely N-dealkylation sites (tertiary alicyclic amines) is 1. The molecule has 1 saturated heterocycles. The van der Waals surface area contributed by atoms with Crippen LogP contribution in [0.4, 0.5) is 4.39 Å². The Morgan fingerprint density at radius 2 is 2.00 bits per heavy atom. The molecule has 1 saturated carbocycles. The SMILES string of the molecule is CN(C)C(=O)[C@]1(Cc2cc(C3CCCCC3)no2)CCN(CCOc2ccc(F)cc2)C1. The summed E-state index contributed by atoms with van der Waals surface area (Å²) in [6.07, 6.45) is 7.52. The van der Waals surface area contributed by atoms with E-state index < -0.39 is 5.41 Å². The molecule has 2 fully saturated rings. The molecule has 6 nitrogen and oxygen atoms in total. The van der Waals surface area contributed by atoms with E-state index in [0.29, 0.717) is 37.8 Å². The minimum absolute atomic E-state index is 0.134. The predicted octanol–water partition coefficient (Wildman–Crippen LogP) is 4.26. The molecular formula is C25H34FN3O3. The molecule has 7 heteroatoms. The van der Waals surface area contributed by atoms with Crippen LogP contribution in [-0.2, 0) is 11.2 Å². The first kappa shape index (κ1) is 22.8. The number of carbonyl (C=O) groups excluding carboxylic acids is 1. The molecule has 1 aliphatic carbocycles. The molecule has 0 N–H and O–H groups in total. The Bertz CT molecular complexity index is 892. The normalized spacial score (nSPS) is 22.2. The molecule has 1 aliphatic heterocycles. The number of halogens is 1. The van der Waals surface area contributed by atoms with Gasteiger partial charge in [0.25, 0.3) is 0 Å². The maximum Gasteiger partial charge on any atom is 0.230 e. The molecule has 2 heterocycles. The van der Waals surface area contributed by atoms with E-state index in [0.717, 1.165) is 24.4 Å². The highest BCUT2D eigenvalue weighted by Gasteiger charge is 2.46. The van der Waals surface area contributed by atoms with E-state index in [1.54, 1.807) is 17.0 Å². The zero-order chi connectivity index (χ0) is 22.6. The van der Waals surface area contributed by atoms with E-state index in [9.17, 15) is 9.18 Å². The van der Waals surface area contributed by atoms with Gasteiger partial charge in [0.15, 0.2) is 0 Å². The number of carbonyl (C=O) groups is 1. The highest BCUT2D eigenvalue weighted by Crippen LogP contribution is 2.38. The first-order valence-corrected chi connectivity index (χ1v) is 11.7. The van der Waals surface area contributed by atoms with Crippen molar-refractivity contribution in [2.24, 2.45) is 5.41 Å². The minimum atomic E-state index is -0.511. The monoisotopic (exact) mass is 443 g/mol. The lowest BCUT2D eigenvalue weighted by molar-refractivity contribution is -0.139. The van der Waals surface area contributed by atoms with Gasteiger partial charge in [0.1, 0.15) is 23.9 Å². The van der Waals surface area contributed by atoms with Crippen molar-refractivity contribution >= 4 is 5.91 Å². The van der Waals surface area contributed by atoms with E-state index in [4.69, 9.17) is 9.26 Å². The summed E-state index contributed by atoms with van der Waals surface area (Å²) in [7, 11) is 3.64. The predicted molar refractivity (Wildman–Crippen MR) is 120 cm³/mol. The average Bonchev–Trinajstić information content (AvgIpc) is 3.43. The molecule has 32 heavy (non-hydrogen) atoms. The average molecular weight is 444 g/mol. The standard InChI is InChI=1S/C25H34FN3O3/c1-28(2)24(30)25(17-22-16-23(27-32-22)19-6-4-3-5-7-19)12-13-29(18-25)14-15-31-21-10-8-20(26)9-11-21/h8-11,16,19H,3-7,12-15,17-18H2,1-2H3/t25-/m0/s1. The van der Waals surface area contributed by atoms with Crippen molar-refractivity contribution in [2.75, 3.05) is 40.3 Å². The second-order valence-corrected chi connectivity index (χ2v) is 9.54. The first-order chi connectivity index (χ1) is 15.4. The van der Waals surface area contributed by atoms with Crippen LogP contribution in [0.2, 0.25) is 0 Å². The summed E-state index contributed by atoms with van der Waals surface area (Å²) < 4.78 is 24.5. The van der Waals surface area contributed by atoms with Gasteiger partial charge < -0.3 is 14.2 Å². The lowest BCUT2D eigenvalue weighted by atomic mass is 9.80. The molecule has 0 bridgehead atoms. The smallest absolute Gasteiger partial charge is 0.230 e. The molecular weight excluding hydrogens is 409 g/mol. The van der Waals surface area contributed by atoms with Crippen molar-refractivity contribution in [3.8, 4) is 5.75 Å². The largest absolute Gasteiger partial charge is 0.492 e. The van der Waals surface area contributed by atoms with Crippen LogP contribution in [0.3, 0.4) is 0 Å². The Balaban J connectivity index is 1.38. The van der Waals surface area contributed by atoms with Crippen molar-refractivity contribution in [2.45, 2.75) is 50.9 Å². The molecule has 174 valence electrons. The molecule has 0 unspecified atom stereocenters. The number of rotatable bonds is 8. The molecule has 1 amide bonds. The summed E-state index contributed by atoms with van der Waals surface area (Å²) in [6, 6.07) is 8.14. The molecule has 2 aliphatic rings. The highest BCUT2D eigenvalue weighted by molar-refractivity contribution is 5.83. The van der Waals surface area contributed by atoms with Crippen LogP contribution in [-0.4, -0.2) is 61.2 Å². The van der Waals surface area contributed by atoms with Crippen molar-refractivity contribution in [1.82, 2.24) is 15.0 Å². The van der Waals surface area contributed by atoms with Gasteiger partial charge in [0.05, 0.1) is 11.1 Å². The Kier molecular flexibility index (Phi) is 7.13. The molecule has 1 aromatic carbocycles. The third-order valence-electron chi connectivity index (χ3n) is 6.90. The van der Waals surface area contributed by atoms with Gasteiger partial charge in [-0.25, -0.2) is 4.39 Å². The quantitative estimate of drug-likeness (QED) is 0.610. The number of aromatic nitrogens is 1. The molecule has 1 aromatic heterocycles. The fourth-order valence-corrected chi connectivity index (χ4v) is 5.18. The van der Waals surface area contributed by atoms with E-state index in [-0.39, 0.29) is 11.7 Å². The summed E-state index contributed by atoms with van der Waals surface area (Å²) in [5.41, 5.74) is 0.539. The summed E-state index contributed by atoms with van der Waals surface area (Å²) in [5.74, 6) is 1.81. The number of amides is 1. The lowest BCUT2D eigenvalue weighted by Crippen LogP contribution is -2.44. The minimum Gasteiger partial charge on any atom is -0.492 e. The lowest BCUT2D eigenvalue weighted by Gasteiger charge is -2.30. The van der Waals surface area contributed by atoms with Gasteiger partial charge in [-0.2, -0.15) is 0 Å². The Morgan fingerprint density at radius 1 is 1.25 bits per heavy atom. The summed E-state index contributed by atoms with van der Waals surface area (Å²) >= 11 is 0. The van der Waals surface area contributed by atoms with Crippen LogP contribution in [0, 0.1) is 11.2 Å². The van der Waals surface area contributed by atoms with Crippen LogP contribution in [0.15, 0.2) is 34.9 Å². The first-order valence-electron chi connectivity index (χ1n) is 11.7. The topological polar surface area (TPSA) is 58.8 Å². The van der Waals surface area contributed by atoms with Crippen molar-refractivity contribution in [3.63, 3.8) is 0 Å². The molecule has 4 rings (SSSR count). The Hall–Kier alpha value is -2.41. The molecule has 2 aromatic rings. The fourth-order valence-electron chi connectivity index (χ4n) is 5.18. The van der Waals surface area contributed by atoms with Gasteiger partial charge in [-0.05, 0) is 50.1 Å². The molecule has 0 spiro atoms. The molecule has 0 radical (unpaired) electrons. The van der Waals surface area contributed by atoms with Crippen LogP contribution >= 0.6 is 0 Å². The Labute approximate surface area is 189 Å². The van der Waals surface area contributed by atoms with Gasteiger partial charge in [-0.15, -0.1) is 0 Å². The zero-order valence-electron chi connectivity index (χ0n) is 19.2. The molecule has 1 atom stereocenters. The van der Waals surface area contributed by atoms with Crippen LogP contribution in [0.5, 0.6) is 5.75 Å². The third-order valence-corrected chi connectivity index (χ3v) is 6.90. The summed E-state index contributed by atoms with van der Waals surface area (Å²) in [6.45, 7) is 2.70. The van der Waals surface area contributed by atoms with Crippen molar-refractivity contribution in [3.05, 3.63) is 47.6 Å². The number of nitrogens with zero attached hydrogens (tertiary/aromatic N) is 3. The Morgan fingerprint density at radius 3 is 2.72 bits per heavy atom.